The predicted octanol–water partition coefficient (Wildman–Crippen LogP) is 3.87. The molecule has 0 aliphatic carbocycles. The lowest BCUT2D eigenvalue weighted by Gasteiger charge is -2.30. The van der Waals surface area contributed by atoms with E-state index >= 15 is 0 Å². The minimum absolute atomic E-state index is 0.0382. The molecule has 0 spiro atoms. The van der Waals surface area contributed by atoms with Gasteiger partial charge in [-0.05, 0) is 37.1 Å². The third-order valence-corrected chi connectivity index (χ3v) is 5.31. The van der Waals surface area contributed by atoms with E-state index in [1.54, 1.807) is 23.4 Å². The molecule has 8 heteroatoms. The normalized spacial score (nSPS) is 15.0. The van der Waals surface area contributed by atoms with Crippen LogP contribution in [0, 0.1) is 5.82 Å². The summed E-state index contributed by atoms with van der Waals surface area (Å²) >= 11 is 6.03. The van der Waals surface area contributed by atoms with Gasteiger partial charge >= 0.3 is 0 Å². The Morgan fingerprint density at radius 2 is 2.07 bits per heavy atom. The summed E-state index contributed by atoms with van der Waals surface area (Å²) in [6, 6.07) is 8.11. The molecule has 0 N–H and O–H groups in total. The molecule has 1 aliphatic heterocycles. The molecule has 1 aromatic carbocycles. The van der Waals surface area contributed by atoms with Crippen LogP contribution in [0.2, 0.25) is 5.02 Å². The Bertz CT molecular complexity index is 951. The second kappa shape index (κ2) is 8.06. The summed E-state index contributed by atoms with van der Waals surface area (Å²) in [6.07, 6.45) is 4.77. The summed E-state index contributed by atoms with van der Waals surface area (Å²) in [7, 11) is 0. The Balaban J connectivity index is 1.37. The Labute approximate surface area is 166 Å². The number of piperidine rings is 1. The van der Waals surface area contributed by atoms with E-state index in [2.05, 4.69) is 15.1 Å². The first kappa shape index (κ1) is 18.6. The van der Waals surface area contributed by atoms with E-state index < -0.39 is 5.82 Å². The molecular formula is C20H18ClFN4O2. The van der Waals surface area contributed by atoms with Gasteiger partial charge in [0.1, 0.15) is 5.82 Å². The van der Waals surface area contributed by atoms with Crippen molar-refractivity contribution in [2.75, 3.05) is 13.1 Å². The second-order valence-corrected chi connectivity index (χ2v) is 7.14. The van der Waals surface area contributed by atoms with Gasteiger partial charge in [-0.25, -0.2) is 4.39 Å². The van der Waals surface area contributed by atoms with Gasteiger partial charge in [-0.2, -0.15) is 4.98 Å². The number of benzene rings is 1. The molecule has 4 rings (SSSR count). The molecule has 1 amide bonds. The highest BCUT2D eigenvalue weighted by Crippen LogP contribution is 2.28. The van der Waals surface area contributed by atoms with E-state index in [-0.39, 0.29) is 28.8 Å². The number of hydrogen-bond acceptors (Lipinski definition) is 5. The van der Waals surface area contributed by atoms with Crippen LogP contribution in [0.25, 0.3) is 11.5 Å². The maximum atomic E-state index is 13.9. The van der Waals surface area contributed by atoms with Crippen molar-refractivity contribution in [1.82, 2.24) is 20.0 Å². The van der Waals surface area contributed by atoms with E-state index in [4.69, 9.17) is 16.1 Å². The van der Waals surface area contributed by atoms with Crippen LogP contribution in [0.3, 0.4) is 0 Å². The van der Waals surface area contributed by atoms with E-state index in [0.29, 0.717) is 24.8 Å². The van der Waals surface area contributed by atoms with Crippen molar-refractivity contribution in [2.45, 2.75) is 25.2 Å². The molecule has 0 bridgehead atoms. The quantitative estimate of drug-likeness (QED) is 0.664. The molecule has 0 radical (unpaired) electrons. The highest BCUT2D eigenvalue weighted by molar-refractivity contribution is 6.31. The lowest BCUT2D eigenvalue weighted by atomic mass is 9.95. The molecule has 0 unspecified atom stereocenters. The van der Waals surface area contributed by atoms with Crippen LogP contribution in [0.1, 0.15) is 30.1 Å². The fourth-order valence-electron chi connectivity index (χ4n) is 3.36. The molecule has 1 saturated heterocycles. The Morgan fingerprint density at radius 3 is 2.79 bits per heavy atom. The van der Waals surface area contributed by atoms with Gasteiger partial charge in [0, 0.05) is 42.0 Å². The molecule has 144 valence electrons. The highest BCUT2D eigenvalue weighted by atomic mass is 35.5. The monoisotopic (exact) mass is 400 g/mol. The van der Waals surface area contributed by atoms with Crippen molar-refractivity contribution in [3.8, 4) is 11.5 Å². The number of hydrogen-bond donors (Lipinski definition) is 0. The average Bonchev–Trinajstić information content (AvgIpc) is 3.22. The molecule has 3 aromatic rings. The van der Waals surface area contributed by atoms with Crippen LogP contribution in [0.4, 0.5) is 4.39 Å². The van der Waals surface area contributed by atoms with Crippen LogP contribution in [-0.2, 0) is 11.2 Å². The molecular weight excluding hydrogens is 383 g/mol. The largest absolute Gasteiger partial charge is 0.342 e. The van der Waals surface area contributed by atoms with Crippen molar-refractivity contribution in [3.63, 3.8) is 0 Å². The number of nitrogens with zero attached hydrogens (tertiary/aromatic N) is 4. The smallest absolute Gasteiger partial charge is 0.259 e. The first-order chi connectivity index (χ1) is 13.6. The van der Waals surface area contributed by atoms with Gasteiger partial charge in [0.25, 0.3) is 5.89 Å². The molecule has 2 aromatic heterocycles. The lowest BCUT2D eigenvalue weighted by Crippen LogP contribution is -2.39. The summed E-state index contributed by atoms with van der Waals surface area (Å²) in [5, 5.41) is 4.37. The van der Waals surface area contributed by atoms with Gasteiger partial charge in [-0.15, -0.1) is 0 Å². The van der Waals surface area contributed by atoms with Gasteiger partial charge in [-0.1, -0.05) is 22.8 Å². The zero-order valence-corrected chi connectivity index (χ0v) is 15.8. The van der Waals surface area contributed by atoms with Gasteiger partial charge in [-0.3, -0.25) is 9.78 Å². The molecule has 28 heavy (non-hydrogen) atoms. The molecule has 0 saturated carbocycles. The number of rotatable bonds is 4. The fraction of sp³-hybridized carbons (Fsp3) is 0.300. The van der Waals surface area contributed by atoms with Crippen LogP contribution < -0.4 is 0 Å². The Kier molecular flexibility index (Phi) is 5.34. The minimum atomic E-state index is -0.453. The van der Waals surface area contributed by atoms with Crippen LogP contribution in [0.5, 0.6) is 0 Å². The van der Waals surface area contributed by atoms with Crippen LogP contribution in [-0.4, -0.2) is 39.0 Å². The maximum absolute atomic E-state index is 13.9. The first-order valence-corrected chi connectivity index (χ1v) is 9.44. The van der Waals surface area contributed by atoms with Crippen LogP contribution in [0.15, 0.2) is 47.2 Å². The van der Waals surface area contributed by atoms with Crippen molar-refractivity contribution >= 4 is 17.5 Å². The van der Waals surface area contributed by atoms with Gasteiger partial charge in [0.05, 0.1) is 12.0 Å². The van der Waals surface area contributed by atoms with E-state index in [1.807, 2.05) is 12.1 Å². The molecule has 1 aliphatic rings. The number of halogens is 2. The summed E-state index contributed by atoms with van der Waals surface area (Å²) < 4.78 is 19.3. The first-order valence-electron chi connectivity index (χ1n) is 9.06. The SMILES string of the molecule is O=C(Cc1c(F)cccc1Cl)N1CCC(c2noc(-c3cccnc3)n2)CC1. The lowest BCUT2D eigenvalue weighted by molar-refractivity contribution is -0.131. The van der Waals surface area contributed by atoms with Crippen LogP contribution >= 0.6 is 11.6 Å². The molecule has 6 nitrogen and oxygen atoms in total. The zero-order chi connectivity index (χ0) is 19.5. The fourth-order valence-corrected chi connectivity index (χ4v) is 3.59. The van der Waals surface area contributed by atoms with E-state index in [9.17, 15) is 9.18 Å². The highest BCUT2D eigenvalue weighted by Gasteiger charge is 2.28. The average molecular weight is 401 g/mol. The van der Waals surface area contributed by atoms with Crippen molar-refractivity contribution in [3.05, 3.63) is 65.0 Å². The zero-order valence-electron chi connectivity index (χ0n) is 15.0. The third-order valence-electron chi connectivity index (χ3n) is 4.95. The minimum Gasteiger partial charge on any atom is -0.342 e. The number of amides is 1. The van der Waals surface area contributed by atoms with E-state index in [1.165, 1.54) is 12.1 Å². The summed E-state index contributed by atoms with van der Waals surface area (Å²) in [5.74, 6) is 0.620. The predicted molar refractivity (Wildman–Crippen MR) is 101 cm³/mol. The maximum Gasteiger partial charge on any atom is 0.259 e. The summed E-state index contributed by atoms with van der Waals surface area (Å²) in [6.45, 7) is 1.12. The molecule has 3 heterocycles. The number of likely N-dealkylation sites (tertiary alicyclic amines) is 1. The van der Waals surface area contributed by atoms with Gasteiger partial charge in [0.15, 0.2) is 5.82 Å². The number of carbonyl (C=O) groups is 1. The Morgan fingerprint density at radius 1 is 1.25 bits per heavy atom. The topological polar surface area (TPSA) is 72.1 Å². The Hall–Kier alpha value is -2.80. The second-order valence-electron chi connectivity index (χ2n) is 6.73. The van der Waals surface area contributed by atoms with E-state index in [0.717, 1.165) is 18.4 Å². The number of carbonyl (C=O) groups excluding carboxylic acids is 1. The number of aromatic nitrogens is 3. The third kappa shape index (κ3) is 3.89. The van der Waals surface area contributed by atoms with Crippen molar-refractivity contribution < 1.29 is 13.7 Å². The summed E-state index contributed by atoms with van der Waals surface area (Å²) in [4.78, 5) is 22.8. The molecule has 0 atom stereocenters. The van der Waals surface area contributed by atoms with Gasteiger partial charge < -0.3 is 9.42 Å². The molecule has 1 fully saturated rings. The van der Waals surface area contributed by atoms with Gasteiger partial charge in [0.2, 0.25) is 5.91 Å². The summed E-state index contributed by atoms with van der Waals surface area (Å²) in [5.41, 5.74) is 1.02. The standard InChI is InChI=1S/C20H18ClFN4O2/c21-16-4-1-5-17(22)15(16)11-18(27)26-9-6-13(7-10-26)19-24-20(28-25-19)14-3-2-8-23-12-14/h1-5,8,12-13H,6-7,9-11H2. The van der Waals surface area contributed by atoms with Crippen molar-refractivity contribution in [2.24, 2.45) is 0 Å². The number of pyridine rings is 1. The van der Waals surface area contributed by atoms with Crippen molar-refractivity contribution in [1.29, 1.82) is 0 Å².